The maximum absolute atomic E-state index is 11.2. The van der Waals surface area contributed by atoms with Crippen LogP contribution in [0, 0.1) is 11.8 Å². The van der Waals surface area contributed by atoms with Crippen molar-refractivity contribution in [1.82, 2.24) is 0 Å². The van der Waals surface area contributed by atoms with Crippen LogP contribution in [0.3, 0.4) is 0 Å². The van der Waals surface area contributed by atoms with Crippen LogP contribution >= 0.6 is 0 Å². The summed E-state index contributed by atoms with van der Waals surface area (Å²) in [5.74, 6) is -0.431. The minimum absolute atomic E-state index is 0.0425. The molecule has 68 valence electrons. The highest BCUT2D eigenvalue weighted by Gasteiger charge is 2.36. The molecule has 0 unspecified atom stereocenters. The zero-order valence-corrected chi connectivity index (χ0v) is 7.50. The molecule has 1 rings (SSSR count). The average Bonchev–Trinajstić information content (AvgIpc) is 2.30. The third kappa shape index (κ3) is 1.84. The molecule has 1 aliphatic rings. The van der Waals surface area contributed by atoms with Gasteiger partial charge in [-0.05, 0) is 19.3 Å². The lowest BCUT2D eigenvalue weighted by Crippen LogP contribution is -2.21. The molecule has 0 aromatic carbocycles. The van der Waals surface area contributed by atoms with E-state index in [1.54, 1.807) is 6.92 Å². The molecule has 1 fully saturated rings. The Balaban J connectivity index is 2.52. The van der Waals surface area contributed by atoms with Crippen LogP contribution in [0.2, 0.25) is 0 Å². The topological polar surface area (TPSA) is 43.4 Å². The Kier molecular flexibility index (Phi) is 2.84. The van der Waals surface area contributed by atoms with E-state index in [-0.39, 0.29) is 11.8 Å². The van der Waals surface area contributed by atoms with Crippen LogP contribution < -0.4 is 0 Å². The molecule has 3 heteroatoms. The second-order valence-corrected chi connectivity index (χ2v) is 3.32. The number of carbonyl (C=O) groups excluding carboxylic acids is 2. The van der Waals surface area contributed by atoms with E-state index in [9.17, 15) is 9.59 Å². The highest BCUT2D eigenvalue weighted by atomic mass is 16.5. The summed E-state index contributed by atoms with van der Waals surface area (Å²) in [5.41, 5.74) is 0. The fourth-order valence-corrected chi connectivity index (χ4v) is 1.57. The van der Waals surface area contributed by atoms with Crippen molar-refractivity contribution in [2.45, 2.75) is 26.7 Å². The van der Waals surface area contributed by atoms with Gasteiger partial charge in [0.2, 0.25) is 0 Å². The number of ether oxygens (including phenoxy) is 1. The lowest BCUT2D eigenvalue weighted by Gasteiger charge is -2.06. The Morgan fingerprint density at radius 3 is 2.75 bits per heavy atom. The quantitative estimate of drug-likeness (QED) is 0.461. The Morgan fingerprint density at radius 1 is 1.67 bits per heavy atom. The van der Waals surface area contributed by atoms with E-state index in [0.29, 0.717) is 25.4 Å². The monoisotopic (exact) mass is 170 g/mol. The third-order valence-electron chi connectivity index (χ3n) is 2.15. The van der Waals surface area contributed by atoms with Crippen molar-refractivity contribution in [3.8, 4) is 0 Å². The van der Waals surface area contributed by atoms with Gasteiger partial charge in [-0.15, -0.1) is 0 Å². The minimum Gasteiger partial charge on any atom is -0.465 e. The molecular weight excluding hydrogens is 156 g/mol. The third-order valence-corrected chi connectivity index (χ3v) is 2.15. The summed E-state index contributed by atoms with van der Waals surface area (Å²) in [4.78, 5) is 22.4. The molecule has 0 aromatic rings. The second-order valence-electron chi connectivity index (χ2n) is 3.32. The summed E-state index contributed by atoms with van der Waals surface area (Å²) in [6.07, 6.45) is 1.20. The first kappa shape index (κ1) is 9.23. The van der Waals surface area contributed by atoms with Gasteiger partial charge in [-0.1, -0.05) is 6.92 Å². The van der Waals surface area contributed by atoms with Crippen molar-refractivity contribution < 1.29 is 14.3 Å². The number of carbonyl (C=O) groups is 2. The predicted molar refractivity (Wildman–Crippen MR) is 43.5 cm³/mol. The van der Waals surface area contributed by atoms with E-state index in [1.165, 1.54) is 0 Å². The molecule has 0 aliphatic heterocycles. The Morgan fingerprint density at radius 2 is 2.33 bits per heavy atom. The number of hydrogen-bond acceptors (Lipinski definition) is 3. The van der Waals surface area contributed by atoms with Gasteiger partial charge in [-0.25, -0.2) is 0 Å². The van der Waals surface area contributed by atoms with E-state index in [4.69, 9.17) is 4.74 Å². The molecular formula is C9H14O3. The summed E-state index contributed by atoms with van der Waals surface area (Å²) in [6.45, 7) is 4.09. The highest BCUT2D eigenvalue weighted by Crippen LogP contribution is 2.27. The second kappa shape index (κ2) is 3.70. The number of esters is 1. The summed E-state index contributed by atoms with van der Waals surface area (Å²) >= 11 is 0. The van der Waals surface area contributed by atoms with Gasteiger partial charge in [0.1, 0.15) is 11.7 Å². The number of rotatable bonds is 2. The largest absolute Gasteiger partial charge is 0.465 e. The predicted octanol–water partition coefficient (Wildman–Crippen LogP) is 1.16. The van der Waals surface area contributed by atoms with Crippen LogP contribution in [0.15, 0.2) is 0 Å². The Labute approximate surface area is 72.1 Å². The van der Waals surface area contributed by atoms with E-state index >= 15 is 0 Å². The average molecular weight is 170 g/mol. The number of Topliss-reactive ketones (excluding diaryl/α,β-unsaturated/α-hetero) is 1. The van der Waals surface area contributed by atoms with Crippen LogP contribution in [0.4, 0.5) is 0 Å². The van der Waals surface area contributed by atoms with E-state index in [0.717, 1.165) is 0 Å². The summed E-state index contributed by atoms with van der Waals surface area (Å²) in [6, 6.07) is 0. The van der Waals surface area contributed by atoms with Crippen LogP contribution in [0.25, 0.3) is 0 Å². The standard InChI is InChI=1S/C9H14O3/c1-3-12-9(11)7-4-6(2)5-8(7)10/h6-7H,3-5H2,1-2H3/t6-,7-/m1/s1. The van der Waals surface area contributed by atoms with E-state index < -0.39 is 5.92 Å². The molecule has 0 saturated heterocycles. The van der Waals surface area contributed by atoms with E-state index in [1.807, 2.05) is 6.92 Å². The van der Waals surface area contributed by atoms with Gasteiger partial charge in [-0.3, -0.25) is 9.59 Å². The number of ketones is 1. The Bertz CT molecular complexity index is 198. The molecule has 1 saturated carbocycles. The van der Waals surface area contributed by atoms with Crippen molar-refractivity contribution in [3.63, 3.8) is 0 Å². The fourth-order valence-electron chi connectivity index (χ4n) is 1.57. The van der Waals surface area contributed by atoms with Crippen molar-refractivity contribution >= 4 is 11.8 Å². The Hall–Kier alpha value is -0.860. The lowest BCUT2D eigenvalue weighted by atomic mass is 10.1. The maximum Gasteiger partial charge on any atom is 0.316 e. The van der Waals surface area contributed by atoms with Crippen molar-refractivity contribution in [2.75, 3.05) is 6.61 Å². The van der Waals surface area contributed by atoms with Crippen molar-refractivity contribution in [3.05, 3.63) is 0 Å². The van der Waals surface area contributed by atoms with Crippen LogP contribution in [0.1, 0.15) is 26.7 Å². The van der Waals surface area contributed by atoms with Crippen molar-refractivity contribution in [1.29, 1.82) is 0 Å². The molecule has 0 bridgehead atoms. The van der Waals surface area contributed by atoms with Crippen LogP contribution in [0.5, 0.6) is 0 Å². The molecule has 0 N–H and O–H groups in total. The summed E-state index contributed by atoms with van der Waals surface area (Å²) < 4.78 is 4.78. The molecule has 1 aliphatic carbocycles. The zero-order valence-electron chi connectivity index (χ0n) is 7.50. The van der Waals surface area contributed by atoms with Crippen molar-refractivity contribution in [2.24, 2.45) is 11.8 Å². The van der Waals surface area contributed by atoms with Gasteiger partial charge in [0.25, 0.3) is 0 Å². The van der Waals surface area contributed by atoms with Gasteiger partial charge >= 0.3 is 5.97 Å². The molecule has 3 nitrogen and oxygen atoms in total. The van der Waals surface area contributed by atoms with Gasteiger partial charge in [0.15, 0.2) is 0 Å². The van der Waals surface area contributed by atoms with Crippen LogP contribution in [-0.2, 0) is 14.3 Å². The van der Waals surface area contributed by atoms with Gasteiger partial charge < -0.3 is 4.74 Å². The van der Waals surface area contributed by atoms with E-state index in [2.05, 4.69) is 0 Å². The normalized spacial score (nSPS) is 29.0. The number of hydrogen-bond donors (Lipinski definition) is 0. The molecule has 12 heavy (non-hydrogen) atoms. The SMILES string of the molecule is CCOC(=O)[C@@H]1C[C@@H](C)CC1=O. The highest BCUT2D eigenvalue weighted by molar-refractivity contribution is 6.00. The summed E-state index contributed by atoms with van der Waals surface area (Å²) in [5, 5.41) is 0. The minimum atomic E-state index is -0.472. The molecule has 0 aromatic heterocycles. The maximum atomic E-state index is 11.2. The van der Waals surface area contributed by atoms with Gasteiger partial charge in [-0.2, -0.15) is 0 Å². The van der Waals surface area contributed by atoms with Crippen LogP contribution in [-0.4, -0.2) is 18.4 Å². The molecule has 0 heterocycles. The first-order valence-electron chi connectivity index (χ1n) is 4.34. The molecule has 0 radical (unpaired) electrons. The smallest absolute Gasteiger partial charge is 0.316 e. The lowest BCUT2D eigenvalue weighted by molar-refractivity contribution is -0.150. The molecule has 0 amide bonds. The molecule has 2 atom stereocenters. The molecule has 0 spiro atoms. The van der Waals surface area contributed by atoms with Gasteiger partial charge in [0, 0.05) is 6.42 Å². The first-order valence-corrected chi connectivity index (χ1v) is 4.34. The first-order chi connectivity index (χ1) is 5.65. The summed E-state index contributed by atoms with van der Waals surface area (Å²) in [7, 11) is 0. The fraction of sp³-hybridized carbons (Fsp3) is 0.778. The zero-order chi connectivity index (χ0) is 9.14. The van der Waals surface area contributed by atoms with Gasteiger partial charge in [0.05, 0.1) is 6.61 Å².